The van der Waals surface area contributed by atoms with E-state index in [9.17, 15) is 20.4 Å². The van der Waals surface area contributed by atoms with Gasteiger partial charge in [0, 0.05) is 27.5 Å². The largest absolute Gasteiger partial charge is 0.508 e. The van der Waals surface area contributed by atoms with Gasteiger partial charge in [-0.1, -0.05) is 71.2 Å². The van der Waals surface area contributed by atoms with Crippen LogP contribution in [0.4, 0.5) is 0 Å². The Bertz CT molecular complexity index is 1070. The number of hydrogen-bond donors (Lipinski definition) is 4. The number of rotatable bonds is 5. The van der Waals surface area contributed by atoms with E-state index in [-0.39, 0.29) is 28.9 Å². The Morgan fingerprint density at radius 2 is 0.971 bits per heavy atom. The van der Waals surface area contributed by atoms with Gasteiger partial charge in [-0.2, -0.15) is 0 Å². The molecule has 0 radical (unpaired) electrons. The van der Waals surface area contributed by atoms with Gasteiger partial charge in [-0.05, 0) is 60.2 Å². The monoisotopic (exact) mass is 460 g/mol. The van der Waals surface area contributed by atoms with Gasteiger partial charge < -0.3 is 20.4 Å². The van der Waals surface area contributed by atoms with E-state index in [2.05, 4.69) is 27.7 Å². The maximum absolute atomic E-state index is 11.6. The third-order valence-corrected chi connectivity index (χ3v) is 7.85. The lowest BCUT2D eigenvalue weighted by atomic mass is 9.69. The smallest absolute Gasteiger partial charge is 0.126 e. The normalized spacial score (nSPS) is 15.4. The minimum absolute atomic E-state index is 0.110. The van der Waals surface area contributed by atoms with Crippen molar-refractivity contribution in [3.05, 3.63) is 82.4 Å². The van der Waals surface area contributed by atoms with Crippen LogP contribution < -0.4 is 0 Å². The van der Waals surface area contributed by atoms with E-state index in [0.717, 1.165) is 47.9 Å². The van der Waals surface area contributed by atoms with Crippen molar-refractivity contribution >= 4 is 0 Å². The summed E-state index contributed by atoms with van der Waals surface area (Å²) in [6.07, 6.45) is 5.26. The molecule has 3 aromatic rings. The molecule has 1 aliphatic rings. The molecule has 0 bridgehead atoms. The second-order valence-electron chi connectivity index (χ2n) is 10.8. The first-order valence-corrected chi connectivity index (χ1v) is 12.2. The van der Waals surface area contributed by atoms with Crippen LogP contribution in [0.2, 0.25) is 0 Å². The Kier molecular flexibility index (Phi) is 6.28. The van der Waals surface area contributed by atoms with Crippen molar-refractivity contribution in [2.45, 2.75) is 76.5 Å². The van der Waals surface area contributed by atoms with Crippen LogP contribution in [0.25, 0.3) is 0 Å². The van der Waals surface area contributed by atoms with Crippen LogP contribution in [0.3, 0.4) is 0 Å². The fourth-order valence-electron chi connectivity index (χ4n) is 5.48. The van der Waals surface area contributed by atoms with E-state index in [4.69, 9.17) is 0 Å². The van der Waals surface area contributed by atoms with E-state index in [1.165, 1.54) is 6.42 Å². The highest BCUT2D eigenvalue weighted by atomic mass is 16.3. The maximum atomic E-state index is 11.6. The first-order valence-electron chi connectivity index (χ1n) is 12.2. The lowest BCUT2D eigenvalue weighted by Gasteiger charge is -2.35. The van der Waals surface area contributed by atoms with Gasteiger partial charge in [-0.25, -0.2) is 0 Å². The molecule has 1 saturated carbocycles. The average molecular weight is 461 g/mol. The molecule has 1 fully saturated rings. The number of phenolic OH excluding ortho intramolecular Hbond substituents is 4. The van der Waals surface area contributed by atoms with E-state index >= 15 is 0 Å². The molecular formula is C30H36O4. The summed E-state index contributed by atoms with van der Waals surface area (Å²) in [5.74, 6) is 0.859. The van der Waals surface area contributed by atoms with Gasteiger partial charge in [0.05, 0.1) is 0 Å². The zero-order chi connectivity index (χ0) is 24.7. The van der Waals surface area contributed by atoms with Gasteiger partial charge in [0.2, 0.25) is 0 Å². The lowest BCUT2D eigenvalue weighted by molar-refractivity contribution is 0.375. The highest BCUT2D eigenvalue weighted by molar-refractivity contribution is 5.62. The number of phenols is 4. The third-order valence-electron chi connectivity index (χ3n) is 7.85. The van der Waals surface area contributed by atoms with E-state index in [1.54, 1.807) is 24.3 Å². The van der Waals surface area contributed by atoms with Crippen molar-refractivity contribution in [1.82, 2.24) is 0 Å². The molecule has 3 aromatic carbocycles. The van der Waals surface area contributed by atoms with Crippen LogP contribution in [0, 0.1) is 0 Å². The van der Waals surface area contributed by atoms with Crippen molar-refractivity contribution in [2.24, 2.45) is 0 Å². The molecule has 0 aliphatic heterocycles. The Morgan fingerprint density at radius 1 is 0.588 bits per heavy atom. The summed E-state index contributed by atoms with van der Waals surface area (Å²) >= 11 is 0. The molecule has 0 heterocycles. The molecule has 4 nitrogen and oxygen atoms in total. The molecule has 0 saturated heterocycles. The van der Waals surface area contributed by atoms with Crippen LogP contribution in [-0.2, 0) is 10.8 Å². The molecule has 4 rings (SSSR count). The van der Waals surface area contributed by atoms with Crippen LogP contribution in [0.1, 0.15) is 93.5 Å². The molecule has 0 unspecified atom stereocenters. The van der Waals surface area contributed by atoms with Gasteiger partial charge in [0.25, 0.3) is 0 Å². The van der Waals surface area contributed by atoms with Crippen molar-refractivity contribution in [1.29, 1.82) is 0 Å². The predicted molar refractivity (Wildman–Crippen MR) is 136 cm³/mol. The molecule has 180 valence electrons. The zero-order valence-corrected chi connectivity index (χ0v) is 20.6. The van der Waals surface area contributed by atoms with Gasteiger partial charge in [-0.15, -0.1) is 0 Å². The Hall–Kier alpha value is -3.14. The molecular weight excluding hydrogens is 424 g/mol. The van der Waals surface area contributed by atoms with E-state index in [0.29, 0.717) is 5.56 Å². The first kappa shape index (κ1) is 24.0. The predicted octanol–water partition coefficient (Wildman–Crippen LogP) is 7.21. The molecule has 1 aliphatic carbocycles. The Morgan fingerprint density at radius 3 is 1.35 bits per heavy atom. The second kappa shape index (κ2) is 8.90. The summed E-state index contributed by atoms with van der Waals surface area (Å²) in [6, 6.07) is 16.1. The van der Waals surface area contributed by atoms with Gasteiger partial charge in [0.15, 0.2) is 0 Å². The zero-order valence-electron chi connectivity index (χ0n) is 20.6. The summed E-state index contributed by atoms with van der Waals surface area (Å²) < 4.78 is 0. The summed E-state index contributed by atoms with van der Waals surface area (Å²) in [6.45, 7) is 8.25. The van der Waals surface area contributed by atoms with Gasteiger partial charge in [0.1, 0.15) is 23.0 Å². The topological polar surface area (TPSA) is 80.9 Å². The highest BCUT2D eigenvalue weighted by Crippen LogP contribution is 2.52. The minimum Gasteiger partial charge on any atom is -0.508 e. The Balaban J connectivity index is 1.96. The quantitative estimate of drug-likeness (QED) is 0.324. The summed E-state index contributed by atoms with van der Waals surface area (Å²) in [4.78, 5) is 0. The van der Waals surface area contributed by atoms with Crippen LogP contribution in [0.15, 0.2) is 54.6 Å². The number of hydrogen-bond acceptors (Lipinski definition) is 4. The Labute approximate surface area is 202 Å². The van der Waals surface area contributed by atoms with Crippen LogP contribution in [-0.4, -0.2) is 20.4 Å². The average Bonchev–Trinajstić information content (AvgIpc) is 2.80. The van der Waals surface area contributed by atoms with Crippen molar-refractivity contribution in [2.75, 3.05) is 0 Å². The van der Waals surface area contributed by atoms with E-state index in [1.807, 2.05) is 30.3 Å². The fourth-order valence-corrected chi connectivity index (χ4v) is 5.48. The van der Waals surface area contributed by atoms with Gasteiger partial charge in [-0.3, -0.25) is 0 Å². The highest BCUT2D eigenvalue weighted by Gasteiger charge is 2.37. The molecule has 0 spiro atoms. The SMILES string of the molecule is CC(C)(c1ccc(O)cc1)c1cc(C(C)(C)c2ccc(O)cc2)c(O)c(C2CCCCC2)c1O. The van der Waals surface area contributed by atoms with E-state index < -0.39 is 10.8 Å². The molecule has 4 N–H and O–H groups in total. The van der Waals surface area contributed by atoms with Crippen molar-refractivity contribution in [3.63, 3.8) is 0 Å². The molecule has 0 amide bonds. The fraction of sp³-hybridized carbons (Fsp3) is 0.400. The molecule has 0 aromatic heterocycles. The first-order chi connectivity index (χ1) is 16.0. The summed E-state index contributed by atoms with van der Waals surface area (Å²) in [5.41, 5.74) is 3.00. The lowest BCUT2D eigenvalue weighted by Crippen LogP contribution is -2.24. The third kappa shape index (κ3) is 4.22. The summed E-state index contributed by atoms with van der Waals surface area (Å²) in [5, 5.41) is 42.8. The van der Waals surface area contributed by atoms with Crippen LogP contribution in [0.5, 0.6) is 23.0 Å². The summed E-state index contributed by atoms with van der Waals surface area (Å²) in [7, 11) is 0. The van der Waals surface area contributed by atoms with Crippen molar-refractivity contribution in [3.8, 4) is 23.0 Å². The maximum Gasteiger partial charge on any atom is 0.126 e. The molecule has 34 heavy (non-hydrogen) atoms. The number of benzene rings is 3. The van der Waals surface area contributed by atoms with Crippen molar-refractivity contribution < 1.29 is 20.4 Å². The molecule has 0 atom stereocenters. The minimum atomic E-state index is -0.561. The van der Waals surface area contributed by atoms with Crippen LogP contribution >= 0.6 is 0 Å². The standard InChI is InChI=1S/C30H36O4/c1-29(2,20-10-14-22(31)15-11-20)24-18-25(30(3,4)21-12-16-23(32)17-13-21)28(34)26(27(24)33)19-8-6-5-7-9-19/h10-19,31-34H,5-9H2,1-4H3. The molecule has 4 heteroatoms. The second-order valence-corrected chi connectivity index (χ2v) is 10.8. The van der Waals surface area contributed by atoms with Gasteiger partial charge >= 0.3 is 0 Å². The number of aromatic hydroxyl groups is 4.